The fourth-order valence-corrected chi connectivity index (χ4v) is 6.78. The molecule has 5 amide bonds. The first-order valence-electron chi connectivity index (χ1n) is 19.0. The van der Waals surface area contributed by atoms with E-state index >= 15 is 0 Å². The van der Waals surface area contributed by atoms with Crippen LogP contribution in [0.3, 0.4) is 0 Å². The first kappa shape index (κ1) is 44.5. The minimum atomic E-state index is -4.57. The van der Waals surface area contributed by atoms with Gasteiger partial charge in [0.15, 0.2) is 0 Å². The second-order valence-electron chi connectivity index (χ2n) is 15.7. The van der Waals surface area contributed by atoms with Gasteiger partial charge in [-0.25, -0.2) is 14.6 Å². The number of rotatable bonds is 17. The number of amides is 5. The molecule has 1 aliphatic rings. The smallest absolute Gasteiger partial charge is 0.416 e. The van der Waals surface area contributed by atoms with E-state index in [9.17, 15) is 42.6 Å². The van der Waals surface area contributed by atoms with E-state index in [1.807, 2.05) is 69.3 Å². The van der Waals surface area contributed by atoms with Gasteiger partial charge < -0.3 is 30.6 Å². The molecule has 57 heavy (non-hydrogen) atoms. The number of hydrazine groups is 1. The lowest BCUT2D eigenvalue weighted by Gasteiger charge is -2.36. The van der Waals surface area contributed by atoms with Gasteiger partial charge in [-0.1, -0.05) is 89.6 Å². The van der Waals surface area contributed by atoms with Gasteiger partial charge in [0.1, 0.15) is 12.1 Å². The molecule has 0 unspecified atom stereocenters. The Morgan fingerprint density at radius 3 is 2.16 bits per heavy atom. The number of nitrogens with zero attached hydrogens (tertiary/aromatic N) is 4. The maximum atomic E-state index is 14.4. The van der Waals surface area contributed by atoms with E-state index in [0.29, 0.717) is 25.1 Å². The largest absolute Gasteiger partial charge is 0.465 e. The number of hydrogen-bond donors (Lipinski definition) is 5. The molecule has 5 atom stereocenters. The topological polar surface area (TPSA) is 167 Å². The summed E-state index contributed by atoms with van der Waals surface area (Å²) in [7, 11) is 0. The van der Waals surface area contributed by atoms with Crippen LogP contribution in [-0.2, 0) is 35.3 Å². The zero-order valence-corrected chi connectivity index (χ0v) is 33.2. The highest BCUT2D eigenvalue weighted by Crippen LogP contribution is 2.29. The Morgan fingerprint density at radius 2 is 1.58 bits per heavy atom. The minimum Gasteiger partial charge on any atom is -0.465 e. The first-order chi connectivity index (χ1) is 26.8. The van der Waals surface area contributed by atoms with Crippen molar-refractivity contribution in [2.75, 3.05) is 19.6 Å². The quantitative estimate of drug-likeness (QED) is 0.114. The number of halogens is 3. The summed E-state index contributed by atoms with van der Waals surface area (Å²) in [5, 5.41) is 27.9. The lowest BCUT2D eigenvalue weighted by atomic mass is 9.86. The summed E-state index contributed by atoms with van der Waals surface area (Å²) in [5.74, 6) is -1.51. The van der Waals surface area contributed by atoms with Crippen LogP contribution in [-0.4, -0.2) is 97.8 Å². The van der Waals surface area contributed by atoms with Gasteiger partial charge in [-0.05, 0) is 60.1 Å². The molecular weight excluding hydrogens is 743 g/mol. The Hall–Kier alpha value is -5.22. The van der Waals surface area contributed by atoms with Crippen molar-refractivity contribution < 1.29 is 42.6 Å². The van der Waals surface area contributed by atoms with Crippen LogP contribution in [0.15, 0.2) is 72.8 Å². The van der Waals surface area contributed by atoms with E-state index < -0.39 is 59.3 Å². The highest BCUT2D eigenvalue weighted by molar-refractivity contribution is 5.88. The normalized spacial score (nSPS) is 16.2. The number of nitrogens with one attached hydrogen (secondary N) is 3. The molecule has 0 bridgehead atoms. The van der Waals surface area contributed by atoms with Crippen molar-refractivity contribution in [3.05, 3.63) is 101 Å². The van der Waals surface area contributed by atoms with E-state index in [4.69, 9.17) is 0 Å². The number of aryl methyl sites for hydroxylation is 1. The summed E-state index contributed by atoms with van der Waals surface area (Å²) in [5.41, 5.74) is 3.57. The Bertz CT molecular complexity index is 1820. The molecule has 0 radical (unpaired) electrons. The third-order valence-electron chi connectivity index (χ3n) is 10.0. The molecule has 5 N–H and O–H groups in total. The molecule has 2 aromatic carbocycles. The molecule has 0 aliphatic carbocycles. The molecule has 1 aromatic heterocycles. The molecule has 4 rings (SSSR count). The van der Waals surface area contributed by atoms with Gasteiger partial charge >= 0.3 is 18.3 Å². The summed E-state index contributed by atoms with van der Waals surface area (Å²) in [4.78, 5) is 61.2. The minimum absolute atomic E-state index is 0.146. The molecular formula is C41H54F3N7O6. The van der Waals surface area contributed by atoms with Gasteiger partial charge in [-0.3, -0.25) is 20.0 Å². The molecule has 310 valence electrons. The Morgan fingerprint density at radius 1 is 0.912 bits per heavy atom. The predicted molar refractivity (Wildman–Crippen MR) is 207 cm³/mol. The highest BCUT2D eigenvalue weighted by atomic mass is 19.4. The van der Waals surface area contributed by atoms with E-state index in [-0.39, 0.29) is 38.0 Å². The molecule has 1 saturated heterocycles. The summed E-state index contributed by atoms with van der Waals surface area (Å²) in [6.07, 6.45) is -6.68. The Kier molecular flexibility index (Phi) is 15.1. The van der Waals surface area contributed by atoms with Crippen molar-refractivity contribution in [1.82, 2.24) is 35.9 Å². The summed E-state index contributed by atoms with van der Waals surface area (Å²) < 4.78 is 40.1. The molecule has 0 saturated carbocycles. The SMILES string of the molecule is CC[C@H](C)[C@@H](C(=O)N[C@@H](Cc1ccccc1)[C@@H](O)CN(Cc1ccc(C(F)(F)F)cc1)NC(=O)[C@@H](NC(=O)O)C(C)(C)C)N1CCN(Cc2cccc(C)n2)C1=O. The lowest BCUT2D eigenvalue weighted by molar-refractivity contribution is -0.137. The van der Waals surface area contributed by atoms with E-state index in [1.54, 1.807) is 30.6 Å². The fourth-order valence-electron chi connectivity index (χ4n) is 6.78. The maximum absolute atomic E-state index is 14.4. The molecule has 0 spiro atoms. The number of benzene rings is 2. The van der Waals surface area contributed by atoms with E-state index in [0.717, 1.165) is 29.1 Å². The summed E-state index contributed by atoms with van der Waals surface area (Å²) >= 11 is 0. The summed E-state index contributed by atoms with van der Waals surface area (Å²) in [6.45, 7) is 11.1. The summed E-state index contributed by atoms with van der Waals surface area (Å²) in [6, 6.07) is 15.5. The number of hydrogen-bond acceptors (Lipinski definition) is 7. The molecule has 1 aliphatic heterocycles. The van der Waals surface area contributed by atoms with Crippen LogP contribution >= 0.6 is 0 Å². The highest BCUT2D eigenvalue weighted by Gasteiger charge is 2.41. The molecule has 13 nitrogen and oxygen atoms in total. The molecule has 3 aromatic rings. The fraction of sp³-hybridized carbons (Fsp3) is 0.488. The number of carbonyl (C=O) groups is 4. The van der Waals surface area contributed by atoms with Crippen LogP contribution < -0.4 is 16.1 Å². The van der Waals surface area contributed by atoms with Gasteiger partial charge in [0.2, 0.25) is 5.91 Å². The lowest BCUT2D eigenvalue weighted by Crippen LogP contribution is -2.60. The zero-order chi connectivity index (χ0) is 42.1. The van der Waals surface area contributed by atoms with Gasteiger partial charge in [0.25, 0.3) is 5.91 Å². The zero-order valence-electron chi connectivity index (χ0n) is 33.2. The average molecular weight is 798 g/mol. The first-order valence-corrected chi connectivity index (χ1v) is 19.0. The number of alkyl halides is 3. The number of aromatic nitrogens is 1. The van der Waals surface area contributed by atoms with Gasteiger partial charge in [0, 0.05) is 31.9 Å². The Labute approximate surface area is 331 Å². The van der Waals surface area contributed by atoms with Crippen LogP contribution in [0.2, 0.25) is 0 Å². The number of carbonyl (C=O) groups excluding carboxylic acids is 3. The van der Waals surface area contributed by atoms with Crippen LogP contribution in [0.5, 0.6) is 0 Å². The number of aliphatic hydroxyl groups is 1. The number of carboxylic acid groups (broad SMARTS) is 1. The molecule has 2 heterocycles. The average Bonchev–Trinajstić information content (AvgIpc) is 3.48. The van der Waals surface area contributed by atoms with Crippen molar-refractivity contribution in [3.8, 4) is 0 Å². The van der Waals surface area contributed by atoms with Crippen molar-refractivity contribution in [2.24, 2.45) is 11.3 Å². The van der Waals surface area contributed by atoms with Crippen LogP contribution in [0.1, 0.15) is 69.1 Å². The standard InChI is InChI=1S/C41H54F3N7O6/c1-7-26(2)34(51-21-20-49(39(51)57)24-31-15-11-12-27(3)45-31)36(53)46-32(22-28-13-9-8-10-14-28)33(52)25-50(23-29-16-18-30(19-17-29)41(42,43)44)48-37(54)35(40(4,5)6)47-38(55)56/h8-19,26,32-35,47,52H,7,20-25H2,1-6H3,(H,46,53)(H,48,54)(H,55,56)/t26-,32-,33-,34-,35+/m0/s1. The third-order valence-corrected chi connectivity index (χ3v) is 10.0. The van der Waals surface area contributed by atoms with Crippen molar-refractivity contribution in [3.63, 3.8) is 0 Å². The predicted octanol–water partition coefficient (Wildman–Crippen LogP) is 5.37. The second kappa shape index (κ2) is 19.3. The molecule has 16 heteroatoms. The number of aliphatic hydroxyl groups excluding tert-OH is 1. The van der Waals surface area contributed by atoms with E-state index in [1.165, 1.54) is 17.1 Å². The number of pyridine rings is 1. The second-order valence-corrected chi connectivity index (χ2v) is 15.7. The third kappa shape index (κ3) is 12.6. The number of urea groups is 1. The van der Waals surface area contributed by atoms with Crippen molar-refractivity contribution in [2.45, 2.75) is 97.9 Å². The van der Waals surface area contributed by atoms with Crippen LogP contribution in [0, 0.1) is 18.3 Å². The Balaban J connectivity index is 1.62. The van der Waals surface area contributed by atoms with Gasteiger partial charge in [-0.2, -0.15) is 13.2 Å². The van der Waals surface area contributed by atoms with Crippen molar-refractivity contribution in [1.29, 1.82) is 0 Å². The maximum Gasteiger partial charge on any atom is 0.416 e. The van der Waals surface area contributed by atoms with E-state index in [2.05, 4.69) is 21.0 Å². The molecule has 1 fully saturated rings. The van der Waals surface area contributed by atoms with Gasteiger partial charge in [0.05, 0.1) is 29.9 Å². The van der Waals surface area contributed by atoms with Gasteiger partial charge in [-0.15, -0.1) is 0 Å². The van der Waals surface area contributed by atoms with Crippen molar-refractivity contribution >= 4 is 23.9 Å². The monoisotopic (exact) mass is 797 g/mol. The van der Waals surface area contributed by atoms with Crippen LogP contribution in [0.4, 0.5) is 22.8 Å². The van der Waals surface area contributed by atoms with Crippen LogP contribution in [0.25, 0.3) is 0 Å².